The first-order chi connectivity index (χ1) is 13.9. The number of carboxylic acid groups (broad SMARTS) is 2. The molecule has 10 nitrogen and oxygen atoms in total. The highest BCUT2D eigenvalue weighted by atomic mass is 16.3. The van der Waals surface area contributed by atoms with Crippen molar-refractivity contribution in [3.05, 3.63) is 48.8 Å². The summed E-state index contributed by atoms with van der Waals surface area (Å²) in [5.74, 6) is 0.152. The molecular formula is C19H27N5O5. The van der Waals surface area contributed by atoms with Crippen molar-refractivity contribution in [1.29, 1.82) is 0 Å². The average Bonchev–Trinajstić information content (AvgIpc) is 3.26. The van der Waals surface area contributed by atoms with Crippen molar-refractivity contribution in [1.82, 2.24) is 24.3 Å². The van der Waals surface area contributed by atoms with Crippen LogP contribution in [0.25, 0.3) is 0 Å². The van der Waals surface area contributed by atoms with Crippen LogP contribution in [0.5, 0.6) is 0 Å². The van der Waals surface area contributed by atoms with Gasteiger partial charge < -0.3 is 19.7 Å². The number of likely N-dealkylation sites (N-methyl/N-ethyl adjacent to an activating group) is 1. The molecule has 2 aromatic rings. The molecule has 3 heterocycles. The molecule has 10 heteroatoms. The largest absolute Gasteiger partial charge is 0.483 e. The standard InChI is InChI=1S/C17H23N5O.2CH2O2/c1-20(2)16(23)17(22-12-9-19-14-22)5-10-21(11-6-17)13-15-3-7-18-8-4-15;2*2-1-3/h3-4,7-9,12,14H,5-6,10-11,13H2,1-2H3;2*1H,(H,2,3). The van der Waals surface area contributed by atoms with E-state index in [4.69, 9.17) is 19.8 Å². The molecule has 0 bridgehead atoms. The second kappa shape index (κ2) is 12.2. The fourth-order valence-corrected chi connectivity index (χ4v) is 3.34. The van der Waals surface area contributed by atoms with Gasteiger partial charge in [0.05, 0.1) is 6.33 Å². The molecule has 1 amide bonds. The van der Waals surface area contributed by atoms with Crippen LogP contribution in [0.2, 0.25) is 0 Å². The predicted octanol–water partition coefficient (Wildman–Crippen LogP) is 0.759. The van der Waals surface area contributed by atoms with E-state index < -0.39 is 5.54 Å². The van der Waals surface area contributed by atoms with Crippen LogP contribution in [-0.4, -0.2) is 80.6 Å². The number of likely N-dealkylation sites (tertiary alicyclic amines) is 1. The van der Waals surface area contributed by atoms with E-state index in [9.17, 15) is 4.79 Å². The molecule has 1 aliphatic heterocycles. The molecule has 0 unspecified atom stereocenters. The lowest BCUT2D eigenvalue weighted by atomic mass is 9.85. The summed E-state index contributed by atoms with van der Waals surface area (Å²) in [4.78, 5) is 41.8. The van der Waals surface area contributed by atoms with Gasteiger partial charge in [0.1, 0.15) is 5.54 Å². The van der Waals surface area contributed by atoms with Crippen LogP contribution >= 0.6 is 0 Å². The van der Waals surface area contributed by atoms with Crippen LogP contribution in [0.4, 0.5) is 0 Å². The second-order valence-electron chi connectivity index (χ2n) is 6.54. The number of carbonyl (C=O) groups is 3. The lowest BCUT2D eigenvalue weighted by Gasteiger charge is -2.42. The highest BCUT2D eigenvalue weighted by Gasteiger charge is 2.43. The van der Waals surface area contributed by atoms with E-state index in [1.807, 2.05) is 49.4 Å². The lowest BCUT2D eigenvalue weighted by Crippen LogP contribution is -2.54. The third-order valence-corrected chi connectivity index (χ3v) is 4.64. The number of nitrogens with zero attached hydrogens (tertiary/aromatic N) is 5. The highest BCUT2D eigenvalue weighted by Crippen LogP contribution is 2.32. The molecule has 158 valence electrons. The van der Waals surface area contributed by atoms with Crippen molar-refractivity contribution >= 4 is 18.9 Å². The number of amides is 1. The zero-order valence-corrected chi connectivity index (χ0v) is 16.6. The topological polar surface area (TPSA) is 129 Å². The molecule has 2 aromatic heterocycles. The third kappa shape index (κ3) is 6.68. The lowest BCUT2D eigenvalue weighted by molar-refractivity contribution is -0.141. The Labute approximate surface area is 169 Å². The Morgan fingerprint density at radius 3 is 2.10 bits per heavy atom. The maximum atomic E-state index is 12.8. The number of aromatic nitrogens is 3. The molecule has 1 fully saturated rings. The second-order valence-corrected chi connectivity index (χ2v) is 6.54. The Bertz CT molecular complexity index is 723. The number of hydrogen-bond acceptors (Lipinski definition) is 6. The van der Waals surface area contributed by atoms with Crippen LogP contribution < -0.4 is 0 Å². The Kier molecular flexibility index (Phi) is 10.0. The summed E-state index contributed by atoms with van der Waals surface area (Å²) in [5, 5.41) is 13.8. The smallest absolute Gasteiger partial charge is 0.290 e. The summed E-state index contributed by atoms with van der Waals surface area (Å²) < 4.78 is 1.99. The van der Waals surface area contributed by atoms with Gasteiger partial charge >= 0.3 is 0 Å². The first-order valence-corrected chi connectivity index (χ1v) is 8.92. The fourth-order valence-electron chi connectivity index (χ4n) is 3.34. The van der Waals surface area contributed by atoms with Gasteiger partial charge in [-0.15, -0.1) is 0 Å². The number of piperidine rings is 1. The van der Waals surface area contributed by atoms with Crippen LogP contribution in [0.3, 0.4) is 0 Å². The van der Waals surface area contributed by atoms with Gasteiger partial charge in [0.25, 0.3) is 12.9 Å². The predicted molar refractivity (Wildman–Crippen MR) is 105 cm³/mol. The van der Waals surface area contributed by atoms with Crippen molar-refractivity contribution in [2.75, 3.05) is 27.2 Å². The SMILES string of the molecule is CN(C)C(=O)C1(n2ccnc2)CCN(Cc2ccncc2)CC1.O=CO.O=CO. The fraction of sp³-hybridized carbons (Fsp3) is 0.421. The van der Waals surface area contributed by atoms with E-state index in [0.29, 0.717) is 0 Å². The minimum absolute atomic E-state index is 0.152. The molecule has 1 saturated heterocycles. The van der Waals surface area contributed by atoms with E-state index in [0.717, 1.165) is 32.5 Å². The molecule has 2 N–H and O–H groups in total. The van der Waals surface area contributed by atoms with Crippen molar-refractivity contribution in [3.8, 4) is 0 Å². The van der Waals surface area contributed by atoms with Crippen LogP contribution in [0, 0.1) is 0 Å². The van der Waals surface area contributed by atoms with Gasteiger partial charge in [0.2, 0.25) is 5.91 Å². The molecule has 0 aliphatic carbocycles. The van der Waals surface area contributed by atoms with Gasteiger partial charge in [0.15, 0.2) is 0 Å². The Balaban J connectivity index is 0.000000626. The maximum Gasteiger partial charge on any atom is 0.290 e. The van der Waals surface area contributed by atoms with Gasteiger partial charge in [0, 0.05) is 58.5 Å². The summed E-state index contributed by atoms with van der Waals surface area (Å²) in [6, 6.07) is 4.09. The minimum atomic E-state index is -0.505. The highest BCUT2D eigenvalue weighted by molar-refractivity contribution is 5.84. The first kappa shape index (κ1) is 23.8. The number of hydrogen-bond donors (Lipinski definition) is 2. The van der Waals surface area contributed by atoms with Crippen molar-refractivity contribution in [2.45, 2.75) is 24.9 Å². The summed E-state index contributed by atoms with van der Waals surface area (Å²) in [5.41, 5.74) is 0.753. The van der Waals surface area contributed by atoms with Crippen molar-refractivity contribution < 1.29 is 24.6 Å². The number of pyridine rings is 1. The molecule has 0 atom stereocenters. The molecule has 29 heavy (non-hydrogen) atoms. The molecule has 0 saturated carbocycles. The molecule has 0 radical (unpaired) electrons. The third-order valence-electron chi connectivity index (χ3n) is 4.64. The van der Waals surface area contributed by atoms with E-state index in [2.05, 4.69) is 14.9 Å². The molecule has 0 aromatic carbocycles. The van der Waals surface area contributed by atoms with Gasteiger partial charge in [-0.25, -0.2) is 4.98 Å². The summed E-state index contributed by atoms with van der Waals surface area (Å²) in [6.45, 7) is 2.18. The summed E-state index contributed by atoms with van der Waals surface area (Å²) >= 11 is 0. The summed E-state index contributed by atoms with van der Waals surface area (Å²) in [6.07, 6.45) is 10.7. The monoisotopic (exact) mass is 405 g/mol. The molecule has 3 rings (SSSR count). The van der Waals surface area contributed by atoms with E-state index in [1.165, 1.54) is 5.56 Å². The van der Waals surface area contributed by atoms with Crippen LogP contribution in [0.1, 0.15) is 18.4 Å². The van der Waals surface area contributed by atoms with E-state index in [1.54, 1.807) is 17.4 Å². The Morgan fingerprint density at radius 1 is 1.10 bits per heavy atom. The average molecular weight is 405 g/mol. The zero-order chi connectivity index (χ0) is 21.7. The van der Waals surface area contributed by atoms with E-state index in [-0.39, 0.29) is 18.9 Å². The quantitative estimate of drug-likeness (QED) is 0.714. The first-order valence-electron chi connectivity index (χ1n) is 8.92. The number of rotatable bonds is 4. The Hall–Kier alpha value is -3.27. The van der Waals surface area contributed by atoms with Gasteiger partial charge in [-0.2, -0.15) is 0 Å². The number of imidazole rings is 1. The Morgan fingerprint density at radius 2 is 1.66 bits per heavy atom. The number of carbonyl (C=O) groups excluding carboxylic acids is 1. The summed E-state index contributed by atoms with van der Waals surface area (Å²) in [7, 11) is 3.65. The van der Waals surface area contributed by atoms with Crippen molar-refractivity contribution in [3.63, 3.8) is 0 Å². The van der Waals surface area contributed by atoms with Crippen molar-refractivity contribution in [2.24, 2.45) is 0 Å². The minimum Gasteiger partial charge on any atom is -0.483 e. The molecule has 1 aliphatic rings. The zero-order valence-electron chi connectivity index (χ0n) is 16.6. The normalized spacial score (nSPS) is 15.0. The van der Waals surface area contributed by atoms with Gasteiger partial charge in [-0.05, 0) is 30.5 Å². The van der Waals surface area contributed by atoms with Gasteiger partial charge in [-0.1, -0.05) is 0 Å². The van der Waals surface area contributed by atoms with Gasteiger partial charge in [-0.3, -0.25) is 24.3 Å². The van der Waals surface area contributed by atoms with Crippen LogP contribution in [0.15, 0.2) is 43.2 Å². The molecular weight excluding hydrogens is 378 g/mol. The molecule has 0 spiro atoms. The van der Waals surface area contributed by atoms with E-state index >= 15 is 0 Å². The maximum absolute atomic E-state index is 12.8. The van der Waals surface area contributed by atoms with Crippen LogP contribution in [-0.2, 0) is 26.5 Å².